The summed E-state index contributed by atoms with van der Waals surface area (Å²) >= 11 is 1.20. The summed E-state index contributed by atoms with van der Waals surface area (Å²) < 4.78 is 1.78. The average Bonchev–Trinajstić information content (AvgIpc) is 3.39. The normalized spacial score (nSPS) is 12.0. The standard InChI is InChI=1S/C21H19N5O3S/c27-19(12-30-21-25-23-13-26(21)15-6-2-1-3-7-15)24-18(20(28)29)10-14-11-22-17-9-5-4-8-16(14)17/h1-9,11,13,18,22H,10,12H2,(H,24,27)(H,28,29)/t18-/m1/s1. The third kappa shape index (κ3) is 4.36. The van der Waals surface area contributed by atoms with Crippen molar-refractivity contribution >= 4 is 34.5 Å². The van der Waals surface area contributed by atoms with Gasteiger partial charge in [0, 0.05) is 29.2 Å². The molecule has 0 unspecified atom stereocenters. The number of nitrogens with one attached hydrogen (secondary N) is 2. The van der Waals surface area contributed by atoms with Gasteiger partial charge >= 0.3 is 5.97 Å². The second kappa shape index (κ2) is 8.83. The Morgan fingerprint density at radius 3 is 2.70 bits per heavy atom. The van der Waals surface area contributed by atoms with E-state index in [0.29, 0.717) is 5.16 Å². The summed E-state index contributed by atoms with van der Waals surface area (Å²) in [4.78, 5) is 27.3. The summed E-state index contributed by atoms with van der Waals surface area (Å²) in [6.07, 6.45) is 3.55. The number of thioether (sulfide) groups is 1. The van der Waals surface area contributed by atoms with Crippen molar-refractivity contribution in [3.05, 3.63) is 72.7 Å². The summed E-state index contributed by atoms with van der Waals surface area (Å²) in [5.74, 6) is -1.43. The van der Waals surface area contributed by atoms with Crippen LogP contribution in [0.15, 0.2) is 72.3 Å². The van der Waals surface area contributed by atoms with E-state index in [1.165, 1.54) is 11.8 Å². The van der Waals surface area contributed by atoms with Crippen LogP contribution in [0.2, 0.25) is 0 Å². The summed E-state index contributed by atoms with van der Waals surface area (Å²) in [6.45, 7) is 0. The minimum atomic E-state index is -1.08. The Morgan fingerprint density at radius 1 is 1.13 bits per heavy atom. The van der Waals surface area contributed by atoms with Gasteiger partial charge in [-0.25, -0.2) is 4.79 Å². The SMILES string of the molecule is O=C(CSc1nncn1-c1ccccc1)N[C@H](Cc1c[nH]c2ccccc12)C(=O)O. The maximum absolute atomic E-state index is 12.4. The molecule has 1 atom stereocenters. The zero-order valence-electron chi connectivity index (χ0n) is 15.9. The Bertz CT molecular complexity index is 1170. The number of aromatic amines is 1. The van der Waals surface area contributed by atoms with Crippen molar-refractivity contribution in [3.63, 3.8) is 0 Å². The molecule has 0 spiro atoms. The van der Waals surface area contributed by atoms with E-state index in [1.807, 2.05) is 54.6 Å². The molecule has 0 aliphatic rings. The lowest BCUT2D eigenvalue weighted by molar-refractivity contribution is -0.141. The van der Waals surface area contributed by atoms with E-state index in [1.54, 1.807) is 17.1 Å². The molecule has 0 aliphatic heterocycles. The molecule has 0 aliphatic carbocycles. The molecule has 4 rings (SSSR count). The number of benzene rings is 2. The zero-order chi connectivity index (χ0) is 20.9. The van der Waals surface area contributed by atoms with Crippen molar-refractivity contribution in [1.29, 1.82) is 0 Å². The number of para-hydroxylation sites is 2. The number of hydrogen-bond donors (Lipinski definition) is 3. The number of rotatable bonds is 8. The molecule has 2 heterocycles. The van der Waals surface area contributed by atoms with E-state index in [2.05, 4.69) is 20.5 Å². The summed E-state index contributed by atoms with van der Waals surface area (Å²) in [5.41, 5.74) is 2.65. The fourth-order valence-electron chi connectivity index (χ4n) is 3.18. The smallest absolute Gasteiger partial charge is 0.326 e. The number of H-pyrrole nitrogens is 1. The molecule has 0 saturated carbocycles. The van der Waals surface area contributed by atoms with Crippen LogP contribution < -0.4 is 5.32 Å². The Labute approximate surface area is 176 Å². The highest BCUT2D eigenvalue weighted by Crippen LogP contribution is 2.21. The van der Waals surface area contributed by atoms with Crippen LogP contribution in [-0.2, 0) is 16.0 Å². The van der Waals surface area contributed by atoms with Crippen molar-refractivity contribution in [2.24, 2.45) is 0 Å². The Balaban J connectivity index is 1.40. The Kier molecular flexibility index (Phi) is 5.80. The van der Waals surface area contributed by atoms with Crippen molar-refractivity contribution in [2.75, 3.05) is 5.75 Å². The van der Waals surface area contributed by atoms with Gasteiger partial charge in [-0.05, 0) is 23.8 Å². The van der Waals surface area contributed by atoms with Gasteiger partial charge in [-0.3, -0.25) is 9.36 Å². The van der Waals surface area contributed by atoms with Crippen LogP contribution in [0, 0.1) is 0 Å². The highest BCUT2D eigenvalue weighted by Gasteiger charge is 2.22. The summed E-state index contributed by atoms with van der Waals surface area (Å²) in [7, 11) is 0. The lowest BCUT2D eigenvalue weighted by Crippen LogP contribution is -2.43. The number of hydrogen-bond acceptors (Lipinski definition) is 5. The lowest BCUT2D eigenvalue weighted by atomic mass is 10.1. The van der Waals surface area contributed by atoms with Crippen LogP contribution in [0.1, 0.15) is 5.56 Å². The number of carboxylic acids is 1. The maximum atomic E-state index is 12.4. The second-order valence-corrected chi connectivity index (χ2v) is 7.57. The molecule has 2 aromatic heterocycles. The Morgan fingerprint density at radius 2 is 1.90 bits per heavy atom. The number of carbonyl (C=O) groups is 2. The van der Waals surface area contributed by atoms with Crippen LogP contribution in [0.25, 0.3) is 16.6 Å². The Hall–Kier alpha value is -3.59. The number of carboxylic acid groups (broad SMARTS) is 1. The molecule has 1 amide bonds. The lowest BCUT2D eigenvalue weighted by Gasteiger charge is -2.14. The largest absolute Gasteiger partial charge is 0.480 e. The van der Waals surface area contributed by atoms with E-state index in [9.17, 15) is 14.7 Å². The van der Waals surface area contributed by atoms with E-state index in [4.69, 9.17) is 0 Å². The van der Waals surface area contributed by atoms with Gasteiger partial charge in [0.25, 0.3) is 0 Å². The molecule has 3 N–H and O–H groups in total. The van der Waals surface area contributed by atoms with E-state index >= 15 is 0 Å². The third-order valence-electron chi connectivity index (χ3n) is 4.62. The van der Waals surface area contributed by atoms with Gasteiger partial charge in [0.15, 0.2) is 5.16 Å². The quantitative estimate of drug-likeness (QED) is 0.377. The first-order valence-electron chi connectivity index (χ1n) is 9.27. The molecular weight excluding hydrogens is 402 g/mol. The molecular formula is C21H19N5O3S. The molecule has 0 saturated heterocycles. The first-order chi connectivity index (χ1) is 14.6. The van der Waals surface area contributed by atoms with Gasteiger partial charge < -0.3 is 15.4 Å². The summed E-state index contributed by atoms with van der Waals surface area (Å²) in [5, 5.41) is 21.6. The number of aromatic nitrogens is 4. The highest BCUT2D eigenvalue weighted by molar-refractivity contribution is 7.99. The van der Waals surface area contributed by atoms with Crippen LogP contribution in [-0.4, -0.2) is 48.5 Å². The van der Waals surface area contributed by atoms with Crippen LogP contribution >= 0.6 is 11.8 Å². The van der Waals surface area contributed by atoms with Gasteiger partial charge in [0.05, 0.1) is 5.75 Å². The molecule has 2 aromatic carbocycles. The molecule has 4 aromatic rings. The minimum Gasteiger partial charge on any atom is -0.480 e. The number of amides is 1. The topological polar surface area (TPSA) is 113 Å². The van der Waals surface area contributed by atoms with Crippen molar-refractivity contribution in [3.8, 4) is 5.69 Å². The first kappa shape index (κ1) is 19.7. The van der Waals surface area contributed by atoms with Crippen LogP contribution in [0.3, 0.4) is 0 Å². The molecule has 0 bridgehead atoms. The number of fused-ring (bicyclic) bond motifs is 1. The molecule has 9 heteroatoms. The van der Waals surface area contributed by atoms with Gasteiger partial charge in [0.1, 0.15) is 12.4 Å². The van der Waals surface area contributed by atoms with E-state index < -0.39 is 12.0 Å². The van der Waals surface area contributed by atoms with Crippen molar-refractivity contribution < 1.29 is 14.7 Å². The minimum absolute atomic E-state index is 0.0309. The van der Waals surface area contributed by atoms with Crippen LogP contribution in [0.5, 0.6) is 0 Å². The fourth-order valence-corrected chi connectivity index (χ4v) is 3.92. The zero-order valence-corrected chi connectivity index (χ0v) is 16.7. The molecule has 30 heavy (non-hydrogen) atoms. The summed E-state index contributed by atoms with van der Waals surface area (Å²) in [6, 6.07) is 16.2. The molecule has 0 fully saturated rings. The molecule has 0 radical (unpaired) electrons. The second-order valence-electron chi connectivity index (χ2n) is 6.63. The van der Waals surface area contributed by atoms with Gasteiger partial charge in [-0.15, -0.1) is 10.2 Å². The average molecular weight is 421 g/mol. The predicted octanol–water partition coefficient (Wildman–Crippen LogP) is 2.65. The number of carbonyl (C=O) groups excluding carboxylic acids is 1. The van der Waals surface area contributed by atoms with Gasteiger partial charge in [0.2, 0.25) is 5.91 Å². The highest BCUT2D eigenvalue weighted by atomic mass is 32.2. The van der Waals surface area contributed by atoms with Gasteiger partial charge in [-0.1, -0.05) is 48.2 Å². The van der Waals surface area contributed by atoms with E-state index in [-0.39, 0.29) is 18.1 Å². The van der Waals surface area contributed by atoms with Crippen molar-refractivity contribution in [2.45, 2.75) is 17.6 Å². The number of nitrogens with zero attached hydrogens (tertiary/aromatic N) is 3. The van der Waals surface area contributed by atoms with Crippen molar-refractivity contribution in [1.82, 2.24) is 25.1 Å². The maximum Gasteiger partial charge on any atom is 0.326 e. The molecule has 152 valence electrons. The third-order valence-corrected chi connectivity index (χ3v) is 5.56. The fraction of sp³-hybridized carbons (Fsp3) is 0.143. The van der Waals surface area contributed by atoms with E-state index in [0.717, 1.165) is 22.2 Å². The number of aliphatic carboxylic acids is 1. The molecule has 8 nitrogen and oxygen atoms in total. The van der Waals surface area contributed by atoms with Gasteiger partial charge in [-0.2, -0.15) is 0 Å². The predicted molar refractivity (Wildman–Crippen MR) is 114 cm³/mol. The first-order valence-corrected chi connectivity index (χ1v) is 10.3. The van der Waals surface area contributed by atoms with Crippen LogP contribution in [0.4, 0.5) is 0 Å². The monoisotopic (exact) mass is 421 g/mol.